The van der Waals surface area contributed by atoms with Crippen LogP contribution >= 0.6 is 7.26 Å². The molecule has 14 heavy (non-hydrogen) atoms. The molecule has 0 radical (unpaired) electrons. The first-order valence-corrected chi connectivity index (χ1v) is 9.12. The van der Waals surface area contributed by atoms with Crippen LogP contribution < -0.4 is 0 Å². The van der Waals surface area contributed by atoms with Crippen molar-refractivity contribution in [3.8, 4) is 0 Å². The summed E-state index contributed by atoms with van der Waals surface area (Å²) in [4.78, 5) is 0. The van der Waals surface area contributed by atoms with E-state index >= 15 is 0 Å². The number of hydrogen-bond acceptors (Lipinski definition) is 0. The zero-order chi connectivity index (χ0) is 10.9. The highest BCUT2D eigenvalue weighted by molar-refractivity contribution is 7.75. The maximum absolute atomic E-state index is 2.44. The topological polar surface area (TPSA) is 0 Å². The highest BCUT2D eigenvalue weighted by Crippen LogP contribution is 2.59. The van der Waals surface area contributed by atoms with Gasteiger partial charge in [-0.2, -0.15) is 0 Å². The van der Waals surface area contributed by atoms with Crippen LogP contribution in [0.2, 0.25) is 0 Å². The summed E-state index contributed by atoms with van der Waals surface area (Å²) in [6.45, 7) is 9.47. The van der Waals surface area contributed by atoms with Gasteiger partial charge in [0.1, 0.15) is 0 Å². The van der Waals surface area contributed by atoms with Gasteiger partial charge in [0.05, 0.1) is 24.6 Å². The van der Waals surface area contributed by atoms with Gasteiger partial charge in [-0.15, -0.1) is 0 Å². The van der Waals surface area contributed by atoms with Crippen molar-refractivity contribution in [1.29, 1.82) is 0 Å². The second kappa shape index (κ2) is 8.72. The molecule has 86 valence electrons. The van der Waals surface area contributed by atoms with Gasteiger partial charge in [0.2, 0.25) is 0 Å². The minimum absolute atomic E-state index is 0.507. The predicted octanol–water partition coefficient (Wildman–Crippen LogP) is 5.03. The van der Waals surface area contributed by atoms with Crippen molar-refractivity contribution < 1.29 is 0 Å². The molecule has 0 aromatic heterocycles. The summed E-state index contributed by atoms with van der Waals surface area (Å²) in [5.74, 6) is 0. The molecule has 0 aromatic rings. The molecule has 0 unspecified atom stereocenters. The van der Waals surface area contributed by atoms with Gasteiger partial charge in [-0.25, -0.2) is 0 Å². The second-order valence-electron chi connectivity index (χ2n) is 4.54. The Balaban J connectivity index is 4.03. The van der Waals surface area contributed by atoms with Gasteiger partial charge in [-0.3, -0.25) is 0 Å². The van der Waals surface area contributed by atoms with Crippen molar-refractivity contribution in [2.75, 3.05) is 24.6 Å². The Morgan fingerprint density at radius 3 is 1.57 bits per heavy atom. The molecule has 0 spiro atoms. The van der Waals surface area contributed by atoms with E-state index in [-0.39, 0.29) is 0 Å². The third-order valence-electron chi connectivity index (χ3n) is 3.30. The fourth-order valence-corrected chi connectivity index (χ4v) is 6.87. The standard InChI is InChI=1S/C13H30P/c1-5-9-10-13-14(8-4,11-6-2)12-7-3/h5-13H2,1-4H3/q+1. The molecule has 0 aliphatic carbocycles. The van der Waals surface area contributed by atoms with Gasteiger partial charge in [-0.05, 0) is 26.2 Å². The number of unbranched alkanes of at least 4 members (excludes halogenated alkanes) is 2. The normalized spacial score (nSPS) is 12.0. The van der Waals surface area contributed by atoms with Crippen LogP contribution in [-0.4, -0.2) is 24.6 Å². The summed E-state index contributed by atoms with van der Waals surface area (Å²) in [5, 5.41) is 0. The summed E-state index contributed by atoms with van der Waals surface area (Å²) in [6.07, 6.45) is 13.3. The maximum Gasteiger partial charge on any atom is 0.0594 e. The highest BCUT2D eigenvalue weighted by Gasteiger charge is 2.32. The smallest absolute Gasteiger partial charge is 0.0594 e. The van der Waals surface area contributed by atoms with Crippen LogP contribution in [0.15, 0.2) is 0 Å². The van der Waals surface area contributed by atoms with Crippen molar-refractivity contribution in [3.63, 3.8) is 0 Å². The van der Waals surface area contributed by atoms with Crippen LogP contribution in [0.3, 0.4) is 0 Å². The summed E-state index contributed by atoms with van der Waals surface area (Å²) in [6, 6.07) is 0. The first-order valence-electron chi connectivity index (χ1n) is 6.59. The molecule has 0 N–H and O–H groups in total. The third-order valence-corrected chi connectivity index (χ3v) is 8.70. The molecule has 0 fully saturated rings. The van der Waals surface area contributed by atoms with E-state index in [4.69, 9.17) is 0 Å². The van der Waals surface area contributed by atoms with Gasteiger partial charge in [0.15, 0.2) is 0 Å². The molecule has 0 rings (SSSR count). The summed E-state index contributed by atoms with van der Waals surface area (Å²) in [5.41, 5.74) is 0. The van der Waals surface area contributed by atoms with Crippen molar-refractivity contribution >= 4 is 7.26 Å². The molecule has 0 saturated heterocycles. The minimum Gasteiger partial charge on any atom is -0.0654 e. The Morgan fingerprint density at radius 1 is 0.643 bits per heavy atom. The van der Waals surface area contributed by atoms with E-state index in [1.807, 2.05) is 0 Å². The van der Waals surface area contributed by atoms with Crippen molar-refractivity contribution in [3.05, 3.63) is 0 Å². The Labute approximate surface area is 92.2 Å². The van der Waals surface area contributed by atoms with E-state index < -0.39 is 7.26 Å². The monoisotopic (exact) mass is 217 g/mol. The molecule has 0 aliphatic rings. The Kier molecular flexibility index (Phi) is 8.98. The van der Waals surface area contributed by atoms with Crippen LogP contribution in [0.1, 0.15) is 59.8 Å². The average Bonchev–Trinajstić information content (AvgIpc) is 2.19. The fourth-order valence-electron chi connectivity index (χ4n) is 2.46. The van der Waals surface area contributed by atoms with Crippen LogP contribution in [0, 0.1) is 0 Å². The van der Waals surface area contributed by atoms with Gasteiger partial charge in [-0.1, -0.05) is 33.6 Å². The Bertz CT molecular complexity index is 114. The summed E-state index contributed by atoms with van der Waals surface area (Å²) < 4.78 is 0. The number of hydrogen-bond donors (Lipinski definition) is 0. The van der Waals surface area contributed by atoms with Crippen molar-refractivity contribution in [2.45, 2.75) is 59.8 Å². The molecule has 0 nitrogen and oxygen atoms in total. The van der Waals surface area contributed by atoms with Gasteiger partial charge in [0, 0.05) is 7.26 Å². The summed E-state index contributed by atoms with van der Waals surface area (Å²) >= 11 is 0. The molecule has 0 aliphatic heterocycles. The Morgan fingerprint density at radius 2 is 1.21 bits per heavy atom. The molecule has 0 heterocycles. The minimum atomic E-state index is -0.507. The first kappa shape index (κ1) is 14.4. The lowest BCUT2D eigenvalue weighted by atomic mass is 10.3. The highest BCUT2D eigenvalue weighted by atomic mass is 31.2. The molecule has 0 atom stereocenters. The SMILES string of the molecule is CCCCC[P+](CC)(CCC)CCC. The van der Waals surface area contributed by atoms with Crippen LogP contribution in [0.5, 0.6) is 0 Å². The molecule has 0 aromatic carbocycles. The van der Waals surface area contributed by atoms with E-state index in [0.717, 1.165) is 0 Å². The van der Waals surface area contributed by atoms with E-state index in [9.17, 15) is 0 Å². The maximum atomic E-state index is 2.44. The van der Waals surface area contributed by atoms with Crippen LogP contribution in [0.4, 0.5) is 0 Å². The predicted molar refractivity (Wildman–Crippen MR) is 72.2 cm³/mol. The van der Waals surface area contributed by atoms with Gasteiger partial charge in [0.25, 0.3) is 0 Å². The van der Waals surface area contributed by atoms with E-state index in [2.05, 4.69) is 27.7 Å². The van der Waals surface area contributed by atoms with Gasteiger partial charge >= 0.3 is 0 Å². The molecular formula is C13H30P+. The largest absolute Gasteiger partial charge is 0.0654 e. The van der Waals surface area contributed by atoms with Crippen molar-refractivity contribution in [2.24, 2.45) is 0 Å². The zero-order valence-electron chi connectivity index (χ0n) is 10.8. The molecule has 1 heteroatoms. The van der Waals surface area contributed by atoms with Crippen LogP contribution in [0.25, 0.3) is 0 Å². The van der Waals surface area contributed by atoms with E-state index in [1.165, 1.54) is 38.3 Å². The lowest BCUT2D eigenvalue weighted by molar-refractivity contribution is 0.770. The molecule has 0 bridgehead atoms. The summed E-state index contributed by atoms with van der Waals surface area (Å²) in [7, 11) is -0.507. The lowest BCUT2D eigenvalue weighted by Crippen LogP contribution is -2.10. The second-order valence-corrected chi connectivity index (χ2v) is 9.19. The van der Waals surface area contributed by atoms with E-state index in [0.29, 0.717) is 0 Å². The van der Waals surface area contributed by atoms with Gasteiger partial charge < -0.3 is 0 Å². The molecule has 0 saturated carbocycles. The van der Waals surface area contributed by atoms with Crippen molar-refractivity contribution in [1.82, 2.24) is 0 Å². The third kappa shape index (κ3) is 5.35. The van der Waals surface area contributed by atoms with Crippen LogP contribution in [-0.2, 0) is 0 Å². The zero-order valence-corrected chi connectivity index (χ0v) is 11.7. The number of rotatable bonds is 9. The first-order chi connectivity index (χ1) is 6.74. The average molecular weight is 217 g/mol. The quantitative estimate of drug-likeness (QED) is 0.375. The fraction of sp³-hybridized carbons (Fsp3) is 1.00. The van der Waals surface area contributed by atoms with E-state index in [1.54, 1.807) is 18.5 Å². The molecule has 0 amide bonds. The molecular weight excluding hydrogens is 187 g/mol. The lowest BCUT2D eigenvalue weighted by Gasteiger charge is -2.25. The Hall–Kier alpha value is 0.430.